The molecular formula is C18H15N3O4. The first-order valence-electron chi connectivity index (χ1n) is 7.61. The number of hydrogen-bond donors (Lipinski definition) is 2. The highest BCUT2D eigenvalue weighted by atomic mass is 16.5. The van der Waals surface area contributed by atoms with Gasteiger partial charge in [-0.05, 0) is 30.2 Å². The zero-order chi connectivity index (χ0) is 17.8. The van der Waals surface area contributed by atoms with Crippen LogP contribution in [0.15, 0.2) is 42.5 Å². The molecule has 7 nitrogen and oxygen atoms in total. The maximum Gasteiger partial charge on any atom is 0.361 e. The SMILES string of the molecule is CCOC(=O)c1n[nH]nc1-c1ccc(-c2ccc(C=O)c(O)c2)cc1. The van der Waals surface area contributed by atoms with Crippen LogP contribution < -0.4 is 0 Å². The number of esters is 1. The normalized spacial score (nSPS) is 10.4. The van der Waals surface area contributed by atoms with Gasteiger partial charge in [-0.2, -0.15) is 10.3 Å². The van der Waals surface area contributed by atoms with Gasteiger partial charge in [0.25, 0.3) is 0 Å². The molecular weight excluding hydrogens is 322 g/mol. The van der Waals surface area contributed by atoms with Gasteiger partial charge in [-0.15, -0.1) is 5.10 Å². The van der Waals surface area contributed by atoms with Crippen molar-refractivity contribution in [2.75, 3.05) is 6.61 Å². The van der Waals surface area contributed by atoms with Crippen LogP contribution in [0.1, 0.15) is 27.8 Å². The van der Waals surface area contributed by atoms with Gasteiger partial charge >= 0.3 is 5.97 Å². The second kappa shape index (κ2) is 6.96. The first-order chi connectivity index (χ1) is 12.1. The van der Waals surface area contributed by atoms with E-state index in [1.54, 1.807) is 31.2 Å². The molecule has 7 heteroatoms. The predicted molar refractivity (Wildman–Crippen MR) is 90.3 cm³/mol. The Hall–Kier alpha value is -3.48. The summed E-state index contributed by atoms with van der Waals surface area (Å²) < 4.78 is 4.96. The van der Waals surface area contributed by atoms with Crippen LogP contribution in [0.5, 0.6) is 5.75 Å². The Morgan fingerprint density at radius 2 is 1.80 bits per heavy atom. The number of aromatic nitrogens is 3. The maximum absolute atomic E-state index is 11.9. The average molecular weight is 337 g/mol. The summed E-state index contributed by atoms with van der Waals surface area (Å²) in [5.74, 6) is -0.609. The summed E-state index contributed by atoms with van der Waals surface area (Å²) >= 11 is 0. The van der Waals surface area contributed by atoms with Crippen molar-refractivity contribution in [3.63, 3.8) is 0 Å². The fraction of sp³-hybridized carbons (Fsp3) is 0.111. The van der Waals surface area contributed by atoms with Crippen LogP contribution in [0.25, 0.3) is 22.4 Å². The van der Waals surface area contributed by atoms with Gasteiger partial charge in [-0.25, -0.2) is 4.79 Å². The van der Waals surface area contributed by atoms with E-state index in [4.69, 9.17) is 4.74 Å². The van der Waals surface area contributed by atoms with E-state index in [0.29, 0.717) is 17.5 Å². The van der Waals surface area contributed by atoms with Gasteiger partial charge in [-0.3, -0.25) is 4.79 Å². The molecule has 0 saturated heterocycles. The minimum absolute atomic E-state index is 0.0716. The fourth-order valence-electron chi connectivity index (χ4n) is 2.42. The van der Waals surface area contributed by atoms with Crippen molar-refractivity contribution in [1.29, 1.82) is 0 Å². The molecule has 3 aromatic rings. The molecule has 1 aromatic heterocycles. The molecule has 0 bridgehead atoms. The molecule has 0 aliphatic carbocycles. The highest BCUT2D eigenvalue weighted by Gasteiger charge is 2.19. The van der Waals surface area contributed by atoms with Crippen LogP contribution in [0.2, 0.25) is 0 Å². The number of aldehydes is 1. The second-order valence-corrected chi connectivity index (χ2v) is 5.21. The van der Waals surface area contributed by atoms with Crippen molar-refractivity contribution in [1.82, 2.24) is 15.4 Å². The summed E-state index contributed by atoms with van der Waals surface area (Å²) in [7, 11) is 0. The number of rotatable bonds is 5. The summed E-state index contributed by atoms with van der Waals surface area (Å²) in [5.41, 5.74) is 3.08. The minimum atomic E-state index is -0.537. The van der Waals surface area contributed by atoms with E-state index >= 15 is 0 Å². The van der Waals surface area contributed by atoms with E-state index in [1.165, 1.54) is 6.07 Å². The number of phenols is 1. The number of aromatic amines is 1. The van der Waals surface area contributed by atoms with Crippen molar-refractivity contribution >= 4 is 12.3 Å². The number of ether oxygens (including phenoxy) is 1. The van der Waals surface area contributed by atoms with Gasteiger partial charge in [0.15, 0.2) is 12.0 Å². The van der Waals surface area contributed by atoms with Crippen LogP contribution in [-0.2, 0) is 4.74 Å². The molecule has 0 radical (unpaired) electrons. The van der Waals surface area contributed by atoms with Crippen LogP contribution in [0.3, 0.4) is 0 Å². The molecule has 3 rings (SSSR count). The van der Waals surface area contributed by atoms with Crippen LogP contribution in [0, 0.1) is 0 Å². The van der Waals surface area contributed by atoms with E-state index in [1.807, 2.05) is 12.1 Å². The van der Waals surface area contributed by atoms with Gasteiger partial charge in [0.2, 0.25) is 0 Å². The maximum atomic E-state index is 11.9. The molecule has 0 amide bonds. The Bertz CT molecular complexity index is 916. The lowest BCUT2D eigenvalue weighted by molar-refractivity contribution is 0.0520. The number of nitrogens with zero attached hydrogens (tertiary/aromatic N) is 2. The molecule has 25 heavy (non-hydrogen) atoms. The van der Waals surface area contributed by atoms with Gasteiger partial charge in [-0.1, -0.05) is 30.3 Å². The zero-order valence-corrected chi connectivity index (χ0v) is 13.4. The summed E-state index contributed by atoms with van der Waals surface area (Å²) in [5, 5.41) is 20.1. The second-order valence-electron chi connectivity index (χ2n) is 5.21. The molecule has 2 N–H and O–H groups in total. The third kappa shape index (κ3) is 3.25. The molecule has 0 unspecified atom stereocenters. The zero-order valence-electron chi connectivity index (χ0n) is 13.4. The molecule has 0 aliphatic rings. The lowest BCUT2D eigenvalue weighted by Gasteiger charge is -2.06. The number of benzene rings is 2. The minimum Gasteiger partial charge on any atom is -0.507 e. The Morgan fingerprint density at radius 1 is 1.12 bits per heavy atom. The summed E-state index contributed by atoms with van der Waals surface area (Å²) in [6, 6.07) is 12.1. The summed E-state index contributed by atoms with van der Waals surface area (Å²) in [6.45, 7) is 1.97. The number of aromatic hydroxyl groups is 1. The smallest absolute Gasteiger partial charge is 0.361 e. The number of nitrogens with one attached hydrogen (secondary N) is 1. The van der Waals surface area contributed by atoms with E-state index in [9.17, 15) is 14.7 Å². The van der Waals surface area contributed by atoms with Crippen molar-refractivity contribution < 1.29 is 19.4 Å². The Kier molecular flexibility index (Phi) is 4.56. The lowest BCUT2D eigenvalue weighted by atomic mass is 10.0. The fourth-order valence-corrected chi connectivity index (χ4v) is 2.42. The van der Waals surface area contributed by atoms with Crippen LogP contribution in [0.4, 0.5) is 0 Å². The molecule has 126 valence electrons. The average Bonchev–Trinajstić information content (AvgIpc) is 3.12. The number of H-pyrrole nitrogens is 1. The van der Waals surface area contributed by atoms with E-state index < -0.39 is 5.97 Å². The third-order valence-corrected chi connectivity index (χ3v) is 3.67. The third-order valence-electron chi connectivity index (χ3n) is 3.67. The van der Waals surface area contributed by atoms with Crippen LogP contribution >= 0.6 is 0 Å². The Labute approximate surface area is 143 Å². The van der Waals surface area contributed by atoms with E-state index in [2.05, 4.69) is 15.4 Å². The van der Waals surface area contributed by atoms with Crippen molar-refractivity contribution in [3.05, 3.63) is 53.7 Å². The van der Waals surface area contributed by atoms with Gasteiger partial charge in [0.05, 0.1) is 12.2 Å². The van der Waals surface area contributed by atoms with Crippen molar-refractivity contribution in [2.45, 2.75) is 6.92 Å². The quantitative estimate of drug-likeness (QED) is 0.548. The number of hydrogen-bond acceptors (Lipinski definition) is 6. The lowest BCUT2D eigenvalue weighted by Crippen LogP contribution is -2.06. The summed E-state index contributed by atoms with van der Waals surface area (Å²) in [4.78, 5) is 22.7. The topological polar surface area (TPSA) is 105 Å². The van der Waals surface area contributed by atoms with Gasteiger partial charge < -0.3 is 9.84 Å². The van der Waals surface area contributed by atoms with E-state index in [0.717, 1.165) is 11.1 Å². The standard InChI is InChI=1S/C18H15N3O4/c1-2-25-18(24)17-16(19-21-20-17)12-5-3-11(4-6-12)13-7-8-14(10-22)15(23)9-13/h3-10,23H,2H2,1H3,(H,19,20,21). The number of carbonyl (C=O) groups excluding carboxylic acids is 2. The first kappa shape index (κ1) is 16.4. The number of carbonyl (C=O) groups is 2. The molecule has 0 spiro atoms. The van der Waals surface area contributed by atoms with Gasteiger partial charge in [0, 0.05) is 5.56 Å². The molecule has 0 atom stereocenters. The molecule has 0 saturated carbocycles. The van der Waals surface area contributed by atoms with Crippen LogP contribution in [-0.4, -0.2) is 39.4 Å². The molecule has 1 heterocycles. The van der Waals surface area contributed by atoms with Crippen molar-refractivity contribution in [2.24, 2.45) is 0 Å². The van der Waals surface area contributed by atoms with Crippen molar-refractivity contribution in [3.8, 4) is 28.1 Å². The predicted octanol–water partition coefficient (Wildman–Crippen LogP) is 2.83. The molecule has 0 fully saturated rings. The highest BCUT2D eigenvalue weighted by Crippen LogP contribution is 2.28. The Balaban J connectivity index is 1.91. The largest absolute Gasteiger partial charge is 0.507 e. The first-order valence-corrected chi connectivity index (χ1v) is 7.61. The Morgan fingerprint density at radius 3 is 2.44 bits per heavy atom. The number of phenolic OH excluding ortho intramolecular Hbond substituents is 1. The highest BCUT2D eigenvalue weighted by molar-refractivity contribution is 5.94. The van der Waals surface area contributed by atoms with E-state index in [-0.39, 0.29) is 23.6 Å². The monoisotopic (exact) mass is 337 g/mol. The summed E-state index contributed by atoms with van der Waals surface area (Å²) in [6.07, 6.45) is 0.601. The van der Waals surface area contributed by atoms with Gasteiger partial charge in [0.1, 0.15) is 11.4 Å². The molecule has 2 aromatic carbocycles. The molecule has 0 aliphatic heterocycles.